The first-order chi connectivity index (χ1) is 12.6. The van der Waals surface area contributed by atoms with Crippen LogP contribution in [0, 0.1) is 0 Å². The normalized spacial score (nSPS) is 12.8. The third-order valence-electron chi connectivity index (χ3n) is 4.37. The van der Waals surface area contributed by atoms with Gasteiger partial charge in [0.1, 0.15) is 0 Å². The SMILES string of the molecule is CCN(CC)c1ccc(C(=O)N/N=C(/C)c2ccc3c(c2)OCO3)cc1. The van der Waals surface area contributed by atoms with Crippen LogP contribution in [0.1, 0.15) is 36.7 Å². The molecule has 1 N–H and O–H groups in total. The van der Waals surface area contributed by atoms with E-state index in [4.69, 9.17) is 9.47 Å². The van der Waals surface area contributed by atoms with Crippen LogP contribution >= 0.6 is 0 Å². The molecule has 0 bridgehead atoms. The molecule has 1 aliphatic rings. The van der Waals surface area contributed by atoms with Crippen LogP contribution in [0.2, 0.25) is 0 Å². The van der Waals surface area contributed by atoms with E-state index in [2.05, 4.69) is 29.3 Å². The van der Waals surface area contributed by atoms with Crippen molar-refractivity contribution in [2.75, 3.05) is 24.8 Å². The topological polar surface area (TPSA) is 63.2 Å². The maximum Gasteiger partial charge on any atom is 0.271 e. The van der Waals surface area contributed by atoms with Gasteiger partial charge in [-0.1, -0.05) is 0 Å². The molecule has 0 saturated heterocycles. The molecule has 136 valence electrons. The number of fused-ring (bicyclic) bond motifs is 1. The van der Waals surface area contributed by atoms with Crippen molar-refractivity contribution >= 4 is 17.3 Å². The third kappa shape index (κ3) is 3.79. The van der Waals surface area contributed by atoms with Gasteiger partial charge in [0.05, 0.1) is 5.71 Å². The highest BCUT2D eigenvalue weighted by molar-refractivity contribution is 6.01. The van der Waals surface area contributed by atoms with Crippen LogP contribution in [-0.4, -0.2) is 31.5 Å². The highest BCUT2D eigenvalue weighted by Gasteiger charge is 2.14. The van der Waals surface area contributed by atoms with E-state index in [1.165, 1.54) is 0 Å². The summed E-state index contributed by atoms with van der Waals surface area (Å²) in [5.74, 6) is 1.17. The number of nitrogens with zero attached hydrogens (tertiary/aromatic N) is 2. The summed E-state index contributed by atoms with van der Waals surface area (Å²) in [4.78, 5) is 14.5. The number of nitrogens with one attached hydrogen (secondary N) is 1. The van der Waals surface area contributed by atoms with Crippen molar-refractivity contribution in [1.82, 2.24) is 5.43 Å². The quantitative estimate of drug-likeness (QED) is 0.638. The van der Waals surface area contributed by atoms with Crippen molar-refractivity contribution in [2.24, 2.45) is 5.10 Å². The fraction of sp³-hybridized carbons (Fsp3) is 0.300. The molecule has 2 aromatic carbocycles. The van der Waals surface area contributed by atoms with E-state index in [0.717, 1.165) is 30.1 Å². The summed E-state index contributed by atoms with van der Waals surface area (Å²) in [5.41, 5.74) is 5.84. The minimum absolute atomic E-state index is 0.231. The van der Waals surface area contributed by atoms with E-state index in [0.29, 0.717) is 17.0 Å². The van der Waals surface area contributed by atoms with Crippen molar-refractivity contribution in [3.8, 4) is 11.5 Å². The molecule has 6 nitrogen and oxygen atoms in total. The van der Waals surface area contributed by atoms with Crippen molar-refractivity contribution in [3.63, 3.8) is 0 Å². The average molecular weight is 353 g/mol. The van der Waals surface area contributed by atoms with Crippen LogP contribution in [0.4, 0.5) is 5.69 Å². The molecule has 3 rings (SSSR count). The lowest BCUT2D eigenvalue weighted by Crippen LogP contribution is -2.22. The van der Waals surface area contributed by atoms with Gasteiger partial charge in [0.25, 0.3) is 5.91 Å². The van der Waals surface area contributed by atoms with Crippen molar-refractivity contribution in [3.05, 3.63) is 53.6 Å². The number of benzene rings is 2. The molecule has 2 aromatic rings. The zero-order valence-electron chi connectivity index (χ0n) is 15.3. The molecule has 0 aliphatic carbocycles. The molecule has 0 aromatic heterocycles. The summed E-state index contributed by atoms with van der Waals surface area (Å²) >= 11 is 0. The smallest absolute Gasteiger partial charge is 0.271 e. The van der Waals surface area contributed by atoms with E-state index in [1.54, 1.807) is 0 Å². The van der Waals surface area contributed by atoms with Gasteiger partial charge in [-0.25, -0.2) is 5.43 Å². The van der Waals surface area contributed by atoms with Crippen LogP contribution in [0.5, 0.6) is 11.5 Å². The lowest BCUT2D eigenvalue weighted by atomic mass is 10.1. The number of anilines is 1. The van der Waals surface area contributed by atoms with E-state index in [-0.39, 0.29) is 12.7 Å². The molecular weight excluding hydrogens is 330 g/mol. The second-order valence-electron chi connectivity index (χ2n) is 5.93. The molecule has 0 atom stereocenters. The van der Waals surface area contributed by atoms with Gasteiger partial charge in [0, 0.05) is 29.9 Å². The number of hydrogen-bond donors (Lipinski definition) is 1. The molecule has 0 saturated carbocycles. The summed E-state index contributed by atoms with van der Waals surface area (Å²) in [6.45, 7) is 8.15. The largest absolute Gasteiger partial charge is 0.454 e. The molecule has 0 fully saturated rings. The first-order valence-corrected chi connectivity index (χ1v) is 8.72. The maximum absolute atomic E-state index is 12.3. The monoisotopic (exact) mass is 353 g/mol. The minimum atomic E-state index is -0.240. The Bertz CT molecular complexity index is 812. The summed E-state index contributed by atoms with van der Waals surface area (Å²) in [6, 6.07) is 13.1. The van der Waals surface area contributed by atoms with Gasteiger partial charge in [-0.2, -0.15) is 5.10 Å². The first-order valence-electron chi connectivity index (χ1n) is 8.72. The number of ether oxygens (including phenoxy) is 2. The zero-order valence-corrected chi connectivity index (χ0v) is 15.3. The molecule has 1 aliphatic heterocycles. The van der Waals surface area contributed by atoms with E-state index >= 15 is 0 Å². The Labute approximate surface area is 153 Å². The predicted molar refractivity (Wildman–Crippen MR) is 102 cm³/mol. The van der Waals surface area contributed by atoms with Crippen molar-refractivity contribution < 1.29 is 14.3 Å². The lowest BCUT2D eigenvalue weighted by molar-refractivity contribution is 0.0955. The van der Waals surface area contributed by atoms with Gasteiger partial charge < -0.3 is 14.4 Å². The lowest BCUT2D eigenvalue weighted by Gasteiger charge is -2.20. The van der Waals surface area contributed by atoms with E-state index < -0.39 is 0 Å². The third-order valence-corrected chi connectivity index (χ3v) is 4.37. The van der Waals surface area contributed by atoms with Crippen molar-refractivity contribution in [1.29, 1.82) is 0 Å². The second-order valence-corrected chi connectivity index (χ2v) is 5.93. The molecule has 0 radical (unpaired) electrons. The highest BCUT2D eigenvalue weighted by Crippen LogP contribution is 2.32. The Balaban J connectivity index is 1.66. The zero-order chi connectivity index (χ0) is 18.5. The number of hydrogen-bond acceptors (Lipinski definition) is 5. The van der Waals surface area contributed by atoms with Crippen LogP contribution in [0.15, 0.2) is 47.6 Å². The molecule has 1 amide bonds. The van der Waals surface area contributed by atoms with E-state index in [9.17, 15) is 4.79 Å². The van der Waals surface area contributed by atoms with Crippen LogP contribution < -0.4 is 19.8 Å². The fourth-order valence-corrected chi connectivity index (χ4v) is 2.80. The van der Waals surface area contributed by atoms with Gasteiger partial charge in [0.2, 0.25) is 6.79 Å². The second kappa shape index (κ2) is 7.91. The van der Waals surface area contributed by atoms with Gasteiger partial charge in [-0.05, 0) is 63.2 Å². The Morgan fingerprint density at radius 2 is 1.69 bits per heavy atom. The standard InChI is InChI=1S/C20H23N3O3/c1-4-23(5-2)17-9-6-15(7-10-17)20(24)22-21-14(3)16-8-11-18-19(12-16)26-13-25-18/h6-12H,4-5,13H2,1-3H3,(H,22,24)/b21-14-. The number of hydrazone groups is 1. The first kappa shape index (κ1) is 17.8. The highest BCUT2D eigenvalue weighted by atomic mass is 16.7. The Kier molecular flexibility index (Phi) is 5.41. The van der Waals surface area contributed by atoms with Gasteiger partial charge in [-0.3, -0.25) is 4.79 Å². The number of rotatable bonds is 6. The van der Waals surface area contributed by atoms with Gasteiger partial charge in [0.15, 0.2) is 11.5 Å². The molecule has 0 unspecified atom stereocenters. The predicted octanol–water partition coefficient (Wildman–Crippen LogP) is 3.42. The number of carbonyl (C=O) groups is 1. The van der Waals surface area contributed by atoms with Crippen molar-refractivity contribution in [2.45, 2.75) is 20.8 Å². The van der Waals surface area contributed by atoms with Crippen LogP contribution in [0.3, 0.4) is 0 Å². The summed E-state index contributed by atoms with van der Waals surface area (Å²) in [7, 11) is 0. The summed E-state index contributed by atoms with van der Waals surface area (Å²) in [5, 5.41) is 4.20. The molecule has 6 heteroatoms. The summed E-state index contributed by atoms with van der Waals surface area (Å²) in [6.07, 6.45) is 0. The minimum Gasteiger partial charge on any atom is -0.454 e. The van der Waals surface area contributed by atoms with Crippen LogP contribution in [0.25, 0.3) is 0 Å². The molecule has 26 heavy (non-hydrogen) atoms. The Hall–Kier alpha value is -3.02. The molecular formula is C20H23N3O3. The maximum atomic E-state index is 12.3. The fourth-order valence-electron chi connectivity index (χ4n) is 2.80. The van der Waals surface area contributed by atoms with Gasteiger partial charge in [-0.15, -0.1) is 0 Å². The van der Waals surface area contributed by atoms with E-state index in [1.807, 2.05) is 49.4 Å². The van der Waals surface area contributed by atoms with Crippen LogP contribution in [-0.2, 0) is 0 Å². The molecule has 1 heterocycles. The Morgan fingerprint density at radius 1 is 1.04 bits per heavy atom. The average Bonchev–Trinajstić information content (AvgIpc) is 3.15. The Morgan fingerprint density at radius 3 is 2.38 bits per heavy atom. The number of amides is 1. The summed E-state index contributed by atoms with van der Waals surface area (Å²) < 4.78 is 10.7. The number of carbonyl (C=O) groups excluding carboxylic acids is 1. The molecule has 0 spiro atoms. The van der Waals surface area contributed by atoms with Gasteiger partial charge >= 0.3 is 0 Å².